The highest BCUT2D eigenvalue weighted by Crippen LogP contribution is 2.29. The summed E-state index contributed by atoms with van der Waals surface area (Å²) in [6.07, 6.45) is 5.99. The minimum atomic E-state index is -0.512. The van der Waals surface area contributed by atoms with Crippen LogP contribution in [0.25, 0.3) is 11.4 Å². The summed E-state index contributed by atoms with van der Waals surface area (Å²) in [4.78, 5) is 12.8. The molecule has 1 aliphatic rings. The van der Waals surface area contributed by atoms with E-state index in [1.807, 2.05) is 38.1 Å². The van der Waals surface area contributed by atoms with Crippen molar-refractivity contribution in [2.45, 2.75) is 58.9 Å². The topological polar surface area (TPSA) is 85.8 Å². The van der Waals surface area contributed by atoms with Crippen LogP contribution in [0.3, 0.4) is 0 Å². The molecule has 1 aliphatic heterocycles. The second-order valence-electron chi connectivity index (χ2n) is 7.13. The molecule has 2 heterocycles. The maximum absolute atomic E-state index is 12.8. The summed E-state index contributed by atoms with van der Waals surface area (Å²) in [5.74, 6) is 1.93. The van der Waals surface area contributed by atoms with Crippen molar-refractivity contribution in [2.75, 3.05) is 11.9 Å². The van der Waals surface area contributed by atoms with Gasteiger partial charge in [-0.2, -0.15) is 0 Å². The lowest BCUT2D eigenvalue weighted by Gasteiger charge is -2.28. The molecule has 3 N–H and O–H groups in total. The van der Waals surface area contributed by atoms with Crippen molar-refractivity contribution in [2.24, 2.45) is 11.1 Å². The number of aryl methyl sites for hydroxylation is 1. The van der Waals surface area contributed by atoms with Crippen LogP contribution in [0.4, 0.5) is 5.69 Å². The molecule has 0 saturated carbocycles. The number of nitrogens with two attached hydrogens (primary N) is 1. The number of hydrogen-bond acceptors (Lipinski definition) is 4. The number of halogens is 1. The molecule has 1 amide bonds. The lowest BCUT2D eigenvalue weighted by atomic mass is 9.81. The molecule has 0 unspecified atom stereocenters. The van der Waals surface area contributed by atoms with Crippen molar-refractivity contribution in [1.29, 1.82) is 0 Å². The Balaban J connectivity index is 0.00000261. The standard InChI is InChI=1S/C20H29N5O.ClH/c1-3-20(4-2,14-21)19(26)22-16-10-8-9-15(13-16)18-24-23-17-11-6-5-7-12-25(17)18;/h8-10,13H,3-7,11-12,14,21H2,1-2H3,(H,22,26);1H. The Hall–Kier alpha value is -1.92. The molecule has 27 heavy (non-hydrogen) atoms. The van der Waals surface area contributed by atoms with Crippen molar-refractivity contribution in [3.05, 3.63) is 30.1 Å². The van der Waals surface area contributed by atoms with E-state index in [0.29, 0.717) is 6.54 Å². The van der Waals surface area contributed by atoms with Crippen LogP contribution < -0.4 is 11.1 Å². The molecule has 0 bridgehead atoms. The van der Waals surface area contributed by atoms with E-state index in [4.69, 9.17) is 5.73 Å². The number of anilines is 1. The highest BCUT2D eigenvalue weighted by molar-refractivity contribution is 5.96. The van der Waals surface area contributed by atoms with Crippen LogP contribution in [0.5, 0.6) is 0 Å². The average molecular weight is 392 g/mol. The van der Waals surface area contributed by atoms with Crippen LogP contribution in [0.1, 0.15) is 51.8 Å². The van der Waals surface area contributed by atoms with E-state index >= 15 is 0 Å². The van der Waals surface area contributed by atoms with E-state index in [-0.39, 0.29) is 18.3 Å². The van der Waals surface area contributed by atoms with Gasteiger partial charge in [-0.25, -0.2) is 0 Å². The summed E-state index contributed by atoms with van der Waals surface area (Å²) in [5, 5.41) is 11.8. The number of benzene rings is 1. The van der Waals surface area contributed by atoms with Crippen molar-refractivity contribution < 1.29 is 4.79 Å². The van der Waals surface area contributed by atoms with Crippen molar-refractivity contribution >= 4 is 24.0 Å². The number of hydrogen-bond donors (Lipinski definition) is 2. The third kappa shape index (κ3) is 4.33. The van der Waals surface area contributed by atoms with Crippen LogP contribution in [-0.4, -0.2) is 27.2 Å². The summed E-state index contributed by atoms with van der Waals surface area (Å²) < 4.78 is 2.22. The minimum Gasteiger partial charge on any atom is -0.329 e. The van der Waals surface area contributed by atoms with Crippen LogP contribution in [-0.2, 0) is 17.8 Å². The molecule has 0 radical (unpaired) electrons. The Labute approximate surface area is 167 Å². The van der Waals surface area contributed by atoms with Gasteiger partial charge in [-0.3, -0.25) is 4.79 Å². The predicted octanol–water partition coefficient (Wildman–Crippen LogP) is 3.80. The molecule has 1 aromatic heterocycles. The zero-order valence-corrected chi connectivity index (χ0v) is 17.0. The number of carbonyl (C=O) groups excluding carboxylic acids is 1. The monoisotopic (exact) mass is 391 g/mol. The smallest absolute Gasteiger partial charge is 0.231 e. The molecule has 0 aliphatic carbocycles. The average Bonchev–Trinajstić information content (AvgIpc) is 2.92. The molecule has 1 aromatic carbocycles. The van der Waals surface area contributed by atoms with Gasteiger partial charge >= 0.3 is 0 Å². The first kappa shape index (κ1) is 21.4. The van der Waals surface area contributed by atoms with Gasteiger partial charge in [0.1, 0.15) is 5.82 Å². The molecule has 0 saturated heterocycles. The number of aromatic nitrogens is 3. The van der Waals surface area contributed by atoms with Gasteiger partial charge in [-0.15, -0.1) is 22.6 Å². The quantitative estimate of drug-likeness (QED) is 0.784. The largest absolute Gasteiger partial charge is 0.329 e. The maximum Gasteiger partial charge on any atom is 0.231 e. The van der Waals surface area contributed by atoms with Gasteiger partial charge in [0.05, 0.1) is 5.41 Å². The van der Waals surface area contributed by atoms with Crippen LogP contribution in [0.15, 0.2) is 24.3 Å². The fourth-order valence-corrected chi connectivity index (χ4v) is 3.65. The highest BCUT2D eigenvalue weighted by Gasteiger charge is 2.33. The number of rotatable bonds is 6. The zero-order chi connectivity index (χ0) is 18.6. The molecule has 148 valence electrons. The van der Waals surface area contributed by atoms with Crippen molar-refractivity contribution in [3.8, 4) is 11.4 Å². The van der Waals surface area contributed by atoms with Gasteiger partial charge < -0.3 is 15.6 Å². The van der Waals surface area contributed by atoms with E-state index in [2.05, 4.69) is 20.1 Å². The Morgan fingerprint density at radius 3 is 2.70 bits per heavy atom. The first-order valence-corrected chi connectivity index (χ1v) is 9.67. The van der Waals surface area contributed by atoms with Crippen LogP contribution >= 0.6 is 12.4 Å². The van der Waals surface area contributed by atoms with Gasteiger partial charge in [0.15, 0.2) is 5.82 Å². The molecule has 0 spiro atoms. The van der Waals surface area contributed by atoms with E-state index in [1.54, 1.807) is 0 Å². The minimum absolute atomic E-state index is 0. The number of nitrogens with zero attached hydrogens (tertiary/aromatic N) is 3. The van der Waals surface area contributed by atoms with Crippen LogP contribution in [0, 0.1) is 5.41 Å². The molecule has 7 heteroatoms. The zero-order valence-electron chi connectivity index (χ0n) is 16.2. The molecular weight excluding hydrogens is 362 g/mol. The highest BCUT2D eigenvalue weighted by atomic mass is 35.5. The number of carbonyl (C=O) groups is 1. The molecule has 0 atom stereocenters. The van der Waals surface area contributed by atoms with Gasteiger partial charge in [-0.05, 0) is 37.8 Å². The summed E-state index contributed by atoms with van der Waals surface area (Å²) >= 11 is 0. The predicted molar refractivity (Wildman–Crippen MR) is 111 cm³/mol. The van der Waals surface area contributed by atoms with Gasteiger partial charge in [0, 0.05) is 30.8 Å². The lowest BCUT2D eigenvalue weighted by molar-refractivity contribution is -0.125. The normalized spacial score (nSPS) is 14.0. The number of amides is 1. The van der Waals surface area contributed by atoms with Gasteiger partial charge in [0.25, 0.3) is 0 Å². The van der Waals surface area contributed by atoms with E-state index in [9.17, 15) is 4.79 Å². The third-order valence-electron chi connectivity index (χ3n) is 5.71. The molecule has 6 nitrogen and oxygen atoms in total. The Kier molecular flexibility index (Phi) is 7.39. The van der Waals surface area contributed by atoms with Crippen molar-refractivity contribution in [3.63, 3.8) is 0 Å². The Morgan fingerprint density at radius 2 is 2.00 bits per heavy atom. The second-order valence-corrected chi connectivity index (χ2v) is 7.13. The fraction of sp³-hybridized carbons (Fsp3) is 0.550. The summed E-state index contributed by atoms with van der Waals surface area (Å²) in [7, 11) is 0. The first-order chi connectivity index (χ1) is 12.6. The molecule has 3 rings (SSSR count). The van der Waals surface area contributed by atoms with E-state index in [1.165, 1.54) is 12.8 Å². The van der Waals surface area contributed by atoms with Crippen molar-refractivity contribution in [1.82, 2.24) is 14.8 Å². The number of nitrogens with one attached hydrogen (secondary N) is 1. The molecular formula is C20H30ClN5O. The van der Waals surface area contributed by atoms with E-state index in [0.717, 1.165) is 55.1 Å². The maximum atomic E-state index is 12.8. The SMILES string of the molecule is CCC(CC)(CN)C(=O)Nc1cccc(-c2nnc3n2CCCCC3)c1.Cl. The Bertz CT molecular complexity index is 761. The first-order valence-electron chi connectivity index (χ1n) is 9.67. The summed E-state index contributed by atoms with van der Waals surface area (Å²) in [6.45, 7) is 5.33. The van der Waals surface area contributed by atoms with Gasteiger partial charge in [-0.1, -0.05) is 32.4 Å². The third-order valence-corrected chi connectivity index (χ3v) is 5.71. The number of fused-ring (bicyclic) bond motifs is 1. The summed E-state index contributed by atoms with van der Waals surface area (Å²) in [5.41, 5.74) is 7.14. The second kappa shape index (κ2) is 9.33. The molecule has 0 fully saturated rings. The summed E-state index contributed by atoms with van der Waals surface area (Å²) in [6, 6.07) is 7.86. The van der Waals surface area contributed by atoms with Gasteiger partial charge in [0.2, 0.25) is 5.91 Å². The van der Waals surface area contributed by atoms with Crippen LogP contribution in [0.2, 0.25) is 0 Å². The van der Waals surface area contributed by atoms with E-state index < -0.39 is 5.41 Å². The Morgan fingerprint density at radius 1 is 1.22 bits per heavy atom. The fourth-order valence-electron chi connectivity index (χ4n) is 3.65. The lowest BCUT2D eigenvalue weighted by Crippen LogP contribution is -2.41. The molecule has 2 aromatic rings.